The predicted molar refractivity (Wildman–Crippen MR) is 240 cm³/mol. The van der Waals surface area contributed by atoms with E-state index in [1.165, 1.54) is 4.90 Å². The Morgan fingerprint density at radius 2 is 1.73 bits per heavy atom. The molecule has 1 saturated carbocycles. The van der Waals surface area contributed by atoms with Crippen molar-refractivity contribution >= 4 is 53.4 Å². The normalized spacial score (nSPS) is 23.3. The monoisotopic (exact) mass is 866 g/mol. The van der Waals surface area contributed by atoms with Gasteiger partial charge in [0.1, 0.15) is 48.3 Å². The molecule has 5 heterocycles. The molecule has 3 aliphatic heterocycles. The molecule has 1 aliphatic carbocycles. The number of nitrogens with zero attached hydrogens (tertiary/aromatic N) is 5. The van der Waals surface area contributed by atoms with Gasteiger partial charge < -0.3 is 29.3 Å². The van der Waals surface area contributed by atoms with Crippen LogP contribution in [-0.2, 0) is 4.74 Å². The zero-order valence-corrected chi connectivity index (χ0v) is 38.4. The van der Waals surface area contributed by atoms with E-state index in [1.54, 1.807) is 26.8 Å². The minimum absolute atomic E-state index is 0.0862. The van der Waals surface area contributed by atoms with Crippen LogP contribution in [0, 0.1) is 17.3 Å². The summed E-state index contributed by atoms with van der Waals surface area (Å²) >= 11 is 0. The van der Waals surface area contributed by atoms with Gasteiger partial charge >= 0.3 is 18.2 Å². The third kappa shape index (κ3) is 7.56. The lowest BCUT2D eigenvalue weighted by Crippen LogP contribution is -2.64. The highest BCUT2D eigenvalue weighted by Gasteiger charge is 2.53. The van der Waals surface area contributed by atoms with Crippen LogP contribution in [0.3, 0.4) is 0 Å². The van der Waals surface area contributed by atoms with Crippen LogP contribution in [0.15, 0.2) is 30.3 Å². The molecule has 2 bridgehead atoms. The van der Waals surface area contributed by atoms with Crippen molar-refractivity contribution in [1.82, 2.24) is 19.9 Å². The number of amides is 2. The number of hydrogen-bond acceptors (Lipinski definition) is 10. The van der Waals surface area contributed by atoms with Crippen LogP contribution >= 0.6 is 0 Å². The molecule has 2 amide bonds. The van der Waals surface area contributed by atoms with E-state index in [0.717, 1.165) is 6.42 Å². The Labute approximate surface area is 363 Å². The summed E-state index contributed by atoms with van der Waals surface area (Å²) in [5.41, 5.74) is 5.40. The molecule has 3 fully saturated rings. The van der Waals surface area contributed by atoms with Gasteiger partial charge in [0.05, 0.1) is 24.2 Å². The van der Waals surface area contributed by atoms with Gasteiger partial charge in [-0.05, 0) is 100 Å². The van der Waals surface area contributed by atoms with Gasteiger partial charge in [0.2, 0.25) is 5.88 Å². The number of ether oxygens (including phenoxy) is 3. The quantitative estimate of drug-likeness (QED) is 0.120. The van der Waals surface area contributed by atoms with Crippen molar-refractivity contribution in [2.24, 2.45) is 0 Å². The number of fused-ring (bicyclic) bond motifs is 6. The largest absolute Gasteiger partial charge is 0.472 e. The molecule has 4 unspecified atom stereocenters. The van der Waals surface area contributed by atoms with E-state index in [1.807, 2.05) is 36.1 Å². The second kappa shape index (κ2) is 16.2. The molecule has 8 rings (SSSR count). The van der Waals surface area contributed by atoms with Gasteiger partial charge in [-0.2, -0.15) is 9.97 Å². The number of aliphatic hydroxyl groups excluding tert-OH is 1. The first-order chi connectivity index (χ1) is 29.3. The first-order valence-corrected chi connectivity index (χ1v) is 24.3. The molecule has 6 atom stereocenters. The van der Waals surface area contributed by atoms with Crippen molar-refractivity contribution in [3.8, 4) is 34.6 Å². The first kappa shape index (κ1) is 43.4. The average Bonchev–Trinajstić information content (AvgIpc) is 3.70. The predicted octanol–water partition coefficient (Wildman–Crippen LogP) is 9.67. The maximum Gasteiger partial charge on any atom is 0.412 e. The van der Waals surface area contributed by atoms with Crippen LogP contribution in [0.2, 0.25) is 16.6 Å². The average molecular weight is 867 g/mol. The van der Waals surface area contributed by atoms with E-state index in [2.05, 4.69) is 58.3 Å². The number of aliphatic hydroxyl groups is 1. The van der Waals surface area contributed by atoms with Crippen LogP contribution in [0.25, 0.3) is 32.9 Å². The lowest BCUT2D eigenvalue weighted by Gasteiger charge is -2.47. The zero-order chi connectivity index (χ0) is 44.6. The number of piperazine rings is 1. The van der Waals surface area contributed by atoms with Crippen molar-refractivity contribution in [1.29, 1.82) is 0 Å². The molecule has 4 aliphatic rings. The molecule has 330 valence electrons. The smallest absolute Gasteiger partial charge is 0.412 e. The Bertz CT molecular complexity index is 2480. The van der Waals surface area contributed by atoms with Gasteiger partial charge in [-0.25, -0.2) is 19.0 Å². The van der Waals surface area contributed by atoms with Crippen molar-refractivity contribution in [2.75, 3.05) is 16.8 Å². The van der Waals surface area contributed by atoms with E-state index < -0.39 is 62.1 Å². The van der Waals surface area contributed by atoms with Gasteiger partial charge in [-0.15, -0.1) is 5.54 Å². The van der Waals surface area contributed by atoms with E-state index in [-0.39, 0.29) is 34.5 Å². The number of aromatic nitrogens is 3. The van der Waals surface area contributed by atoms with Crippen molar-refractivity contribution in [3.63, 3.8) is 0 Å². The molecule has 62 heavy (non-hydrogen) atoms. The fraction of sp³-hybridized carbons (Fsp3) is 0.553. The summed E-state index contributed by atoms with van der Waals surface area (Å²) in [7, 11) is -2.22. The van der Waals surface area contributed by atoms with Gasteiger partial charge in [0.25, 0.3) is 0 Å². The maximum absolute atomic E-state index is 18.0. The Hall–Kier alpha value is -5.20. The molecule has 13 nitrogen and oxygen atoms in total. The number of pyridine rings is 1. The molecule has 2 aromatic carbocycles. The Balaban J connectivity index is 1.39. The maximum atomic E-state index is 18.0. The minimum atomic E-state index is -2.22. The minimum Gasteiger partial charge on any atom is -0.472 e. The van der Waals surface area contributed by atoms with Crippen LogP contribution in [-0.4, -0.2) is 98.9 Å². The summed E-state index contributed by atoms with van der Waals surface area (Å²) in [5.74, 6) is 3.27. The molecular weight excluding hydrogens is 808 g/mol. The number of rotatable bonds is 7. The van der Waals surface area contributed by atoms with Crippen LogP contribution in [0.5, 0.6) is 11.9 Å². The molecule has 15 heteroatoms. The number of hydrogen-bond donors (Lipinski definition) is 3. The number of anilines is 2. The van der Waals surface area contributed by atoms with E-state index in [9.17, 15) is 19.8 Å². The Kier molecular flexibility index (Phi) is 11.3. The summed E-state index contributed by atoms with van der Waals surface area (Å²) in [4.78, 5) is 44.0. The highest BCUT2D eigenvalue weighted by molar-refractivity contribution is 6.90. The summed E-state index contributed by atoms with van der Waals surface area (Å²) in [6.07, 6.45) is -0.396. The number of benzene rings is 2. The van der Waals surface area contributed by atoms with Crippen LogP contribution in [0.1, 0.15) is 107 Å². The first-order valence-electron chi connectivity index (χ1n) is 22.1. The summed E-state index contributed by atoms with van der Waals surface area (Å²) < 4.78 is 36.7. The number of carboxylic acid groups (broad SMARTS) is 1. The van der Waals surface area contributed by atoms with Crippen molar-refractivity contribution in [3.05, 3.63) is 41.7 Å². The Morgan fingerprint density at radius 1 is 1.00 bits per heavy atom. The van der Waals surface area contributed by atoms with E-state index in [4.69, 9.17) is 29.2 Å². The molecule has 0 radical (unpaired) electrons. The second-order valence-electron chi connectivity index (χ2n) is 19.4. The summed E-state index contributed by atoms with van der Waals surface area (Å²) in [6.45, 7) is 21.1. The molecule has 0 spiro atoms. The summed E-state index contributed by atoms with van der Waals surface area (Å²) in [6, 6.07) is 7.94. The molecule has 2 aromatic heterocycles. The third-order valence-corrected chi connectivity index (χ3v) is 19.8. The highest BCUT2D eigenvalue weighted by Crippen LogP contribution is 2.48. The van der Waals surface area contributed by atoms with E-state index >= 15 is 4.39 Å². The zero-order valence-electron chi connectivity index (χ0n) is 37.4. The van der Waals surface area contributed by atoms with Crippen LogP contribution in [0.4, 0.5) is 25.5 Å². The molecule has 2 saturated heterocycles. The third-order valence-electron chi connectivity index (χ3n) is 13.5. The van der Waals surface area contributed by atoms with Gasteiger partial charge in [-0.1, -0.05) is 59.6 Å². The molecule has 3 N–H and O–H groups in total. The van der Waals surface area contributed by atoms with Crippen molar-refractivity contribution in [2.45, 2.75) is 160 Å². The Morgan fingerprint density at radius 3 is 2.37 bits per heavy atom. The lowest BCUT2D eigenvalue weighted by molar-refractivity contribution is 0.0542. The summed E-state index contributed by atoms with van der Waals surface area (Å²) in [5, 5.41) is 25.5. The van der Waals surface area contributed by atoms with Gasteiger partial charge in [-0.3, -0.25) is 10.2 Å². The van der Waals surface area contributed by atoms with Crippen molar-refractivity contribution < 1.29 is 38.4 Å². The SMILES string of the molecule is CC1Oc2nc(-c3cc(NC(=O)OC(C)(C)C)cc4cccc(C#C[Si](C(C)C)(C(C)C)C(C)C)c34)c(F)c3nc(O[C@@H]4CCC[C@H]4O)nc(c23)N2CC3CCC(C12)N3C(=O)O. The van der Waals surface area contributed by atoms with E-state index in [0.29, 0.717) is 82.3 Å². The number of halogens is 1. The number of carbonyl (C=O) groups is 2. The second-order valence-corrected chi connectivity index (χ2v) is 25.0. The van der Waals surface area contributed by atoms with Gasteiger partial charge in [0, 0.05) is 28.7 Å². The fourth-order valence-electron chi connectivity index (χ4n) is 10.9. The fourth-order valence-corrected chi connectivity index (χ4v) is 16.2. The highest BCUT2D eigenvalue weighted by atomic mass is 28.3. The number of nitrogens with one attached hydrogen (secondary N) is 1. The standard InChI is InChI=1S/C47H59FN6O7Si/c1-24(2)62(25(3)4,26(5)6)20-19-28-13-11-14-29-21-30(49-45(56)61-47(8,9)10)22-32(36(28)29)39-38(48)40-37-42(52-44(51-40)60-35-16-12-15-34(35)55)53-23-31-17-18-33(54(31)46(57)58)41(53)27(7)59-43(37)50-39/h11,13-14,21-22,24-27,31,33-35,41,55H,12,15-18,23H2,1-10H3,(H,49,56)(H,57,58)/t27?,31?,33?,34-,35-,41?/m1/s1. The lowest BCUT2D eigenvalue weighted by atomic mass is 9.95. The topological polar surface area (TPSA) is 159 Å². The molecule has 4 aromatic rings. The molecular formula is C47H59FN6O7Si. The van der Waals surface area contributed by atoms with Gasteiger partial charge in [0.15, 0.2) is 5.82 Å². The van der Waals surface area contributed by atoms with Crippen LogP contribution < -0.4 is 19.7 Å². The number of carbonyl (C=O) groups excluding carboxylic acids is 1.